The summed E-state index contributed by atoms with van der Waals surface area (Å²) < 4.78 is 46.8. The lowest BCUT2D eigenvalue weighted by Crippen LogP contribution is -2.14. The van der Waals surface area contributed by atoms with E-state index in [1.165, 1.54) is 37.3 Å². The molecule has 0 heterocycles. The zero-order valence-electron chi connectivity index (χ0n) is 18.0. The zero-order valence-corrected chi connectivity index (χ0v) is 18.0. The third-order valence-electron chi connectivity index (χ3n) is 6.77. The Balaban J connectivity index is 1.45. The summed E-state index contributed by atoms with van der Waals surface area (Å²) >= 11 is 0. The second-order valence-electron chi connectivity index (χ2n) is 8.77. The molecule has 0 saturated heterocycles. The first-order valence-corrected chi connectivity index (χ1v) is 11.2. The first kappa shape index (κ1) is 21.9. The monoisotopic (exact) mass is 426 g/mol. The van der Waals surface area contributed by atoms with Gasteiger partial charge >= 0.3 is 0 Å². The molecule has 0 unspecified atom stereocenters. The van der Waals surface area contributed by atoms with Crippen LogP contribution in [0.4, 0.5) is 13.2 Å². The minimum Gasteiger partial charge on any atom is -0.385 e. The molecule has 0 radical (unpaired) electrons. The summed E-state index contributed by atoms with van der Waals surface area (Å²) in [4.78, 5) is 0. The maximum atomic E-state index is 15.1. The lowest BCUT2D eigenvalue weighted by Gasteiger charge is -2.29. The molecular weight excluding hydrogens is 397 g/mol. The van der Waals surface area contributed by atoms with Crippen molar-refractivity contribution in [1.29, 1.82) is 0 Å². The van der Waals surface area contributed by atoms with Crippen LogP contribution < -0.4 is 0 Å². The highest BCUT2D eigenvalue weighted by atomic mass is 19.2. The molecular formula is C27H29F3O. The van der Waals surface area contributed by atoms with Gasteiger partial charge in [0.15, 0.2) is 11.6 Å². The van der Waals surface area contributed by atoms with Gasteiger partial charge in [0.2, 0.25) is 0 Å². The second-order valence-corrected chi connectivity index (χ2v) is 8.77. The lowest BCUT2D eigenvalue weighted by atomic mass is 9.77. The topological polar surface area (TPSA) is 9.23 Å². The van der Waals surface area contributed by atoms with E-state index in [9.17, 15) is 8.78 Å². The highest BCUT2D eigenvalue weighted by Crippen LogP contribution is 2.38. The quantitative estimate of drug-likeness (QED) is 0.384. The van der Waals surface area contributed by atoms with Gasteiger partial charge in [0.1, 0.15) is 5.82 Å². The van der Waals surface area contributed by atoms with Gasteiger partial charge in [-0.25, -0.2) is 13.2 Å². The van der Waals surface area contributed by atoms with Gasteiger partial charge in [-0.2, -0.15) is 0 Å². The van der Waals surface area contributed by atoms with E-state index >= 15 is 4.39 Å². The summed E-state index contributed by atoms with van der Waals surface area (Å²) in [5, 5.41) is 1.55. The maximum absolute atomic E-state index is 15.1. The van der Waals surface area contributed by atoms with Crippen LogP contribution in [0, 0.1) is 23.4 Å². The first-order chi connectivity index (χ1) is 15.0. The number of hydrogen-bond acceptors (Lipinski definition) is 1. The predicted octanol–water partition coefficient (Wildman–Crippen LogP) is 7.35. The molecule has 3 aromatic rings. The van der Waals surface area contributed by atoms with Crippen molar-refractivity contribution in [3.8, 4) is 0 Å². The van der Waals surface area contributed by atoms with E-state index in [4.69, 9.17) is 4.74 Å². The molecule has 0 spiro atoms. The Hall–Kier alpha value is -2.33. The summed E-state index contributed by atoms with van der Waals surface area (Å²) in [5.41, 5.74) is 2.56. The molecule has 0 N–H and O–H groups in total. The van der Waals surface area contributed by atoms with Crippen molar-refractivity contribution in [1.82, 2.24) is 0 Å². The second kappa shape index (κ2) is 9.86. The molecule has 1 fully saturated rings. The summed E-state index contributed by atoms with van der Waals surface area (Å²) in [5.74, 6) is -0.642. The molecule has 3 aromatic carbocycles. The number of aryl methyl sites for hydroxylation is 2. The molecule has 1 nitrogen and oxygen atoms in total. The van der Waals surface area contributed by atoms with E-state index in [-0.39, 0.29) is 5.82 Å². The molecule has 31 heavy (non-hydrogen) atoms. The van der Waals surface area contributed by atoms with Gasteiger partial charge in [-0.05, 0) is 91.0 Å². The van der Waals surface area contributed by atoms with Crippen molar-refractivity contribution in [3.63, 3.8) is 0 Å². The summed E-state index contributed by atoms with van der Waals surface area (Å²) in [6, 6.07) is 13.8. The Labute approximate surface area is 182 Å². The molecule has 0 aromatic heterocycles. The highest BCUT2D eigenvalue weighted by Gasteiger charge is 2.22. The van der Waals surface area contributed by atoms with E-state index in [1.807, 2.05) is 18.2 Å². The van der Waals surface area contributed by atoms with Crippen molar-refractivity contribution in [2.75, 3.05) is 13.7 Å². The van der Waals surface area contributed by atoms with E-state index in [0.29, 0.717) is 35.3 Å². The van der Waals surface area contributed by atoms with Crippen LogP contribution in [0.25, 0.3) is 10.8 Å². The Morgan fingerprint density at radius 1 is 0.839 bits per heavy atom. The summed E-state index contributed by atoms with van der Waals surface area (Å²) in [6.45, 7) is 0.836. The lowest BCUT2D eigenvalue weighted by molar-refractivity contribution is 0.163. The van der Waals surface area contributed by atoms with Crippen LogP contribution >= 0.6 is 0 Å². The maximum Gasteiger partial charge on any atom is 0.159 e. The van der Waals surface area contributed by atoms with Crippen LogP contribution in [0.2, 0.25) is 0 Å². The third-order valence-corrected chi connectivity index (χ3v) is 6.77. The number of hydrogen-bond donors (Lipinski definition) is 0. The number of methoxy groups -OCH3 is 1. The smallest absolute Gasteiger partial charge is 0.159 e. The molecule has 0 atom stereocenters. The molecule has 4 heteroatoms. The zero-order chi connectivity index (χ0) is 21.8. The third kappa shape index (κ3) is 5.12. The van der Waals surface area contributed by atoms with Gasteiger partial charge in [0.25, 0.3) is 0 Å². The fourth-order valence-corrected chi connectivity index (χ4v) is 4.85. The van der Waals surface area contributed by atoms with Gasteiger partial charge in [-0.1, -0.05) is 36.4 Å². The molecule has 0 amide bonds. The first-order valence-electron chi connectivity index (χ1n) is 11.2. The summed E-state index contributed by atoms with van der Waals surface area (Å²) in [6.07, 6.45) is 6.85. The van der Waals surface area contributed by atoms with Gasteiger partial charge in [-0.3, -0.25) is 0 Å². The molecule has 1 aliphatic rings. The van der Waals surface area contributed by atoms with E-state index < -0.39 is 11.6 Å². The Morgan fingerprint density at radius 2 is 1.65 bits per heavy atom. The molecule has 1 saturated carbocycles. The van der Waals surface area contributed by atoms with E-state index in [2.05, 4.69) is 12.1 Å². The van der Waals surface area contributed by atoms with E-state index in [1.54, 1.807) is 13.2 Å². The number of benzene rings is 3. The largest absolute Gasteiger partial charge is 0.385 e. The Morgan fingerprint density at radius 3 is 2.39 bits per heavy atom. The van der Waals surface area contributed by atoms with Crippen molar-refractivity contribution in [3.05, 3.63) is 82.7 Å². The normalized spacial score (nSPS) is 19.1. The molecule has 164 valence electrons. The highest BCUT2D eigenvalue weighted by molar-refractivity contribution is 5.84. The van der Waals surface area contributed by atoms with Crippen LogP contribution in [0.1, 0.15) is 54.7 Å². The van der Waals surface area contributed by atoms with Gasteiger partial charge in [-0.15, -0.1) is 0 Å². The van der Waals surface area contributed by atoms with Gasteiger partial charge in [0, 0.05) is 19.1 Å². The SMILES string of the molecule is COCCC1CCC(c2ccc3c(F)c(CCc4ccc(F)c(F)c4)ccc3c2)CC1. The molecule has 0 bridgehead atoms. The van der Waals surface area contributed by atoms with Crippen molar-refractivity contribution in [2.45, 2.75) is 50.9 Å². The van der Waals surface area contributed by atoms with Gasteiger partial charge < -0.3 is 4.74 Å². The van der Waals surface area contributed by atoms with E-state index in [0.717, 1.165) is 30.4 Å². The number of halogens is 3. The van der Waals surface area contributed by atoms with Crippen LogP contribution in [0.15, 0.2) is 48.5 Å². The fraction of sp³-hybridized carbons (Fsp3) is 0.407. The minimum atomic E-state index is -0.864. The fourth-order valence-electron chi connectivity index (χ4n) is 4.85. The van der Waals surface area contributed by atoms with Crippen LogP contribution in [0.5, 0.6) is 0 Å². The average molecular weight is 427 g/mol. The van der Waals surface area contributed by atoms with Crippen LogP contribution in [-0.2, 0) is 17.6 Å². The van der Waals surface area contributed by atoms with Crippen molar-refractivity contribution >= 4 is 10.8 Å². The number of ether oxygens (including phenoxy) is 1. The standard InChI is InChI=1S/C27H29F3O/c1-31-15-14-18-2-6-20(7-3-18)22-11-12-24-23(17-22)10-9-21(27(24)30)8-4-19-5-13-25(28)26(29)16-19/h5,9-13,16-18,20H,2-4,6-8,14-15H2,1H3. The van der Waals surface area contributed by atoms with Gasteiger partial charge in [0.05, 0.1) is 0 Å². The average Bonchev–Trinajstić information content (AvgIpc) is 2.79. The van der Waals surface area contributed by atoms with Crippen LogP contribution in [-0.4, -0.2) is 13.7 Å². The molecule has 0 aliphatic heterocycles. The van der Waals surface area contributed by atoms with Crippen LogP contribution in [0.3, 0.4) is 0 Å². The molecule has 4 rings (SSSR count). The Bertz CT molecular complexity index is 1040. The van der Waals surface area contributed by atoms with Crippen molar-refractivity contribution in [2.24, 2.45) is 5.92 Å². The van der Waals surface area contributed by atoms with Crippen molar-refractivity contribution < 1.29 is 17.9 Å². The number of rotatable bonds is 7. The molecule has 1 aliphatic carbocycles. The predicted molar refractivity (Wildman–Crippen MR) is 119 cm³/mol. The minimum absolute atomic E-state index is 0.213. The number of fused-ring (bicyclic) bond motifs is 1. The Kier molecular flexibility index (Phi) is 6.96. The summed E-state index contributed by atoms with van der Waals surface area (Å²) in [7, 11) is 1.76.